The van der Waals surface area contributed by atoms with Gasteiger partial charge in [0.1, 0.15) is 5.75 Å². The van der Waals surface area contributed by atoms with Crippen molar-refractivity contribution in [3.63, 3.8) is 0 Å². The van der Waals surface area contributed by atoms with Crippen LogP contribution in [0.3, 0.4) is 0 Å². The van der Waals surface area contributed by atoms with Gasteiger partial charge in [-0.15, -0.1) is 10.2 Å². The number of halogens is 1. The van der Waals surface area contributed by atoms with Crippen LogP contribution in [0, 0.1) is 3.57 Å². The second-order valence-electron chi connectivity index (χ2n) is 5.82. The van der Waals surface area contributed by atoms with E-state index in [2.05, 4.69) is 39.7 Å². The molecule has 1 N–H and O–H groups in total. The fourth-order valence-electron chi connectivity index (χ4n) is 2.42. The average Bonchev–Trinajstić information content (AvgIpc) is 3.18. The number of benzene rings is 1. The normalized spacial score (nSPS) is 17.9. The van der Waals surface area contributed by atoms with Gasteiger partial charge >= 0.3 is 6.03 Å². The van der Waals surface area contributed by atoms with Crippen molar-refractivity contribution in [2.45, 2.75) is 26.0 Å². The number of unbranched alkanes of at least 4 members (excludes halogenated alkanes) is 1. The van der Waals surface area contributed by atoms with Crippen molar-refractivity contribution in [1.82, 2.24) is 15.1 Å². The standard InChI is InChI=1S/C17H19IN4O3S/c1-3-4-5-13(25-12-8-6-11(18)7-9-12)15-19-20-16(26-15)22-14(23)10-21(2)17(22)24/h5-9,14,23H,3-4,10H2,1-2H3/b13-5-. The molecular weight excluding hydrogens is 467 g/mol. The predicted molar refractivity (Wildman–Crippen MR) is 109 cm³/mol. The van der Waals surface area contributed by atoms with Gasteiger partial charge in [-0.05, 0) is 59.4 Å². The maximum Gasteiger partial charge on any atom is 0.328 e. The topological polar surface area (TPSA) is 78.8 Å². The van der Waals surface area contributed by atoms with E-state index in [-0.39, 0.29) is 12.6 Å². The van der Waals surface area contributed by atoms with E-state index >= 15 is 0 Å². The molecule has 0 saturated carbocycles. The molecule has 0 spiro atoms. The molecule has 1 aliphatic heterocycles. The van der Waals surface area contributed by atoms with Gasteiger partial charge in [0.2, 0.25) is 5.13 Å². The summed E-state index contributed by atoms with van der Waals surface area (Å²) in [4.78, 5) is 14.9. The fourth-order valence-corrected chi connectivity index (χ4v) is 3.63. The van der Waals surface area contributed by atoms with Gasteiger partial charge in [-0.2, -0.15) is 0 Å². The minimum absolute atomic E-state index is 0.241. The zero-order valence-corrected chi connectivity index (χ0v) is 17.4. The Balaban J connectivity index is 1.85. The summed E-state index contributed by atoms with van der Waals surface area (Å²) in [5, 5.41) is 19.3. The lowest BCUT2D eigenvalue weighted by molar-refractivity contribution is 0.183. The van der Waals surface area contributed by atoms with Gasteiger partial charge in [0.25, 0.3) is 0 Å². The summed E-state index contributed by atoms with van der Waals surface area (Å²) < 4.78 is 7.12. The number of ether oxygens (including phenoxy) is 1. The summed E-state index contributed by atoms with van der Waals surface area (Å²) in [6.07, 6.45) is 2.85. The van der Waals surface area contributed by atoms with Crippen molar-refractivity contribution < 1.29 is 14.6 Å². The number of β-amino-alcohol motifs (C(OH)–C–C–N with tert-alkyl or cyclic N) is 1. The number of carbonyl (C=O) groups is 1. The van der Waals surface area contributed by atoms with E-state index in [0.717, 1.165) is 16.4 Å². The number of carbonyl (C=O) groups excluding carboxylic acids is 1. The Morgan fingerprint density at radius 2 is 2.15 bits per heavy atom. The first-order chi connectivity index (χ1) is 12.5. The van der Waals surface area contributed by atoms with Crippen molar-refractivity contribution in [1.29, 1.82) is 0 Å². The summed E-state index contributed by atoms with van der Waals surface area (Å²) in [6, 6.07) is 7.43. The Labute approximate surface area is 169 Å². The molecule has 26 heavy (non-hydrogen) atoms. The average molecular weight is 486 g/mol. The van der Waals surface area contributed by atoms with Crippen LogP contribution in [0.1, 0.15) is 24.8 Å². The Morgan fingerprint density at radius 1 is 1.42 bits per heavy atom. The van der Waals surface area contributed by atoms with Crippen LogP contribution in [0.5, 0.6) is 5.75 Å². The molecule has 1 unspecified atom stereocenters. The molecule has 7 nitrogen and oxygen atoms in total. The third-order valence-corrected chi connectivity index (χ3v) is 5.42. The van der Waals surface area contributed by atoms with Crippen molar-refractivity contribution >= 4 is 50.8 Å². The number of aliphatic hydroxyl groups is 1. The lowest BCUT2D eigenvalue weighted by Crippen LogP contribution is -2.34. The van der Waals surface area contributed by atoms with Gasteiger partial charge < -0.3 is 14.7 Å². The molecule has 1 atom stereocenters. The van der Waals surface area contributed by atoms with Gasteiger partial charge in [-0.3, -0.25) is 0 Å². The van der Waals surface area contributed by atoms with Crippen molar-refractivity contribution in [2.75, 3.05) is 18.5 Å². The molecule has 2 aromatic rings. The number of likely N-dealkylation sites (N-methyl/N-ethyl adjacent to an activating group) is 1. The summed E-state index contributed by atoms with van der Waals surface area (Å²) >= 11 is 3.46. The third-order valence-electron chi connectivity index (χ3n) is 3.76. The van der Waals surface area contributed by atoms with Gasteiger partial charge in [-0.1, -0.05) is 24.7 Å². The zero-order chi connectivity index (χ0) is 18.7. The molecule has 2 amide bonds. The Bertz CT molecular complexity index is 809. The molecule has 1 aromatic heterocycles. The first kappa shape index (κ1) is 19.1. The van der Waals surface area contributed by atoms with Crippen LogP contribution in [0.15, 0.2) is 30.3 Å². The molecule has 1 aromatic carbocycles. The van der Waals surface area contributed by atoms with E-state index in [9.17, 15) is 9.90 Å². The van der Waals surface area contributed by atoms with E-state index in [1.165, 1.54) is 21.1 Å². The highest BCUT2D eigenvalue weighted by Gasteiger charge is 2.37. The van der Waals surface area contributed by atoms with Gasteiger partial charge in [0.15, 0.2) is 17.0 Å². The molecule has 1 fully saturated rings. The Hall–Kier alpha value is -1.72. The highest BCUT2D eigenvalue weighted by atomic mass is 127. The van der Waals surface area contributed by atoms with E-state index in [1.54, 1.807) is 7.05 Å². The number of urea groups is 1. The number of amides is 2. The summed E-state index contributed by atoms with van der Waals surface area (Å²) in [6.45, 7) is 2.32. The van der Waals surface area contributed by atoms with Crippen molar-refractivity contribution in [3.8, 4) is 5.75 Å². The quantitative estimate of drug-likeness (QED) is 0.499. The molecule has 2 heterocycles. The SMILES string of the molecule is CCC/C=C(\Oc1ccc(I)cc1)c1nnc(N2C(=O)N(C)CC2O)s1. The summed E-state index contributed by atoms with van der Waals surface area (Å²) in [5.74, 6) is 1.31. The third kappa shape index (κ3) is 4.15. The number of anilines is 1. The molecule has 1 saturated heterocycles. The Kier molecular flexibility index (Phi) is 6.09. The molecule has 1 aliphatic rings. The van der Waals surface area contributed by atoms with Gasteiger partial charge in [-0.25, -0.2) is 9.69 Å². The second kappa shape index (κ2) is 8.31. The van der Waals surface area contributed by atoms with Crippen LogP contribution in [0.4, 0.5) is 9.93 Å². The van der Waals surface area contributed by atoms with E-state index in [0.29, 0.717) is 21.6 Å². The molecule has 0 aliphatic carbocycles. The van der Waals surface area contributed by atoms with Crippen LogP contribution >= 0.6 is 33.9 Å². The monoisotopic (exact) mass is 486 g/mol. The molecule has 138 valence electrons. The fraction of sp³-hybridized carbons (Fsp3) is 0.353. The van der Waals surface area contributed by atoms with Crippen LogP contribution in [0.2, 0.25) is 0 Å². The number of nitrogens with zero attached hydrogens (tertiary/aromatic N) is 4. The molecule has 0 radical (unpaired) electrons. The van der Waals surface area contributed by atoms with Crippen molar-refractivity contribution in [2.24, 2.45) is 0 Å². The second-order valence-corrected chi connectivity index (χ2v) is 8.02. The van der Waals surface area contributed by atoms with E-state index in [4.69, 9.17) is 4.74 Å². The van der Waals surface area contributed by atoms with Gasteiger partial charge in [0.05, 0.1) is 6.54 Å². The number of hydrogen-bond donors (Lipinski definition) is 1. The highest BCUT2D eigenvalue weighted by Crippen LogP contribution is 2.31. The van der Waals surface area contributed by atoms with Crippen molar-refractivity contribution in [3.05, 3.63) is 38.9 Å². The first-order valence-electron chi connectivity index (χ1n) is 8.19. The number of aromatic nitrogens is 2. The molecular formula is C17H19IN4O3S. The first-order valence-corrected chi connectivity index (χ1v) is 10.1. The smallest absolute Gasteiger partial charge is 0.328 e. The van der Waals surface area contributed by atoms with Crippen LogP contribution in [0.25, 0.3) is 5.76 Å². The molecule has 3 rings (SSSR count). The minimum atomic E-state index is -0.923. The largest absolute Gasteiger partial charge is 0.454 e. The molecule has 9 heteroatoms. The van der Waals surface area contributed by atoms with Crippen LogP contribution in [-0.2, 0) is 0 Å². The van der Waals surface area contributed by atoms with E-state index < -0.39 is 6.23 Å². The number of hydrogen-bond acceptors (Lipinski definition) is 6. The predicted octanol–water partition coefficient (Wildman–Crippen LogP) is 3.55. The van der Waals surface area contributed by atoms with Crippen LogP contribution in [-0.4, -0.2) is 46.1 Å². The Morgan fingerprint density at radius 3 is 2.77 bits per heavy atom. The highest BCUT2D eigenvalue weighted by molar-refractivity contribution is 14.1. The maximum absolute atomic E-state index is 12.2. The summed E-state index contributed by atoms with van der Waals surface area (Å²) in [5.41, 5.74) is 0. The van der Waals surface area contributed by atoms with Crippen LogP contribution < -0.4 is 9.64 Å². The van der Waals surface area contributed by atoms with Gasteiger partial charge in [0, 0.05) is 10.6 Å². The molecule has 0 bridgehead atoms. The zero-order valence-electron chi connectivity index (χ0n) is 14.4. The summed E-state index contributed by atoms with van der Waals surface area (Å²) in [7, 11) is 1.64. The minimum Gasteiger partial charge on any atom is -0.454 e. The number of allylic oxidation sites excluding steroid dienone is 1. The number of aliphatic hydroxyl groups excluding tert-OH is 1. The van der Waals surface area contributed by atoms with E-state index in [1.807, 2.05) is 30.3 Å². The number of rotatable bonds is 6. The lowest BCUT2D eigenvalue weighted by atomic mass is 10.3. The maximum atomic E-state index is 12.2. The lowest BCUT2D eigenvalue weighted by Gasteiger charge is -2.14.